The molecule has 4 N–H and O–H groups in total. The van der Waals surface area contributed by atoms with Crippen LogP contribution in [0.1, 0.15) is 211 Å². The summed E-state index contributed by atoms with van der Waals surface area (Å²) in [4.78, 5) is 9.34. The van der Waals surface area contributed by atoms with E-state index in [1.54, 1.807) is 47.0 Å². The van der Waals surface area contributed by atoms with Crippen molar-refractivity contribution in [2.24, 2.45) is 0 Å². The molecule has 6 nitrogen and oxygen atoms in total. The van der Waals surface area contributed by atoms with Crippen LogP contribution < -0.4 is 9.80 Å². The standard InChI is InChI=1S/C66H96N2O4S4/c1-59(2,3)47-29-43(30-48(55(47)69)60(4,5)6)73-37-67(38-74-44-31-49(61(7,8)9)56(70)50(32-44)62(10,11)12)41-25-27-42(28-26-41)68(39-75-45-33-51(63(13,14)15)57(71)52(34-45)64(16,17)18)40-76-46-35-53(65(19,20)21)58(72)54(36-46)66(22,23)24/h25-36,69-72H,37-40H2,1-24H3. The second-order valence-electron chi connectivity index (χ2n) is 29.2. The number of hydrogen-bond acceptors (Lipinski definition) is 10. The Morgan fingerprint density at radius 3 is 0.513 bits per heavy atom. The molecule has 0 spiro atoms. The first-order valence-electron chi connectivity index (χ1n) is 27.0. The molecule has 0 unspecified atom stereocenters. The summed E-state index contributed by atoms with van der Waals surface area (Å²) in [6.45, 7) is 51.9. The highest BCUT2D eigenvalue weighted by Gasteiger charge is 2.32. The number of nitrogens with zero attached hydrogens (tertiary/aromatic N) is 2. The molecule has 5 rings (SSSR count). The first-order valence-corrected chi connectivity index (χ1v) is 31.0. The summed E-state index contributed by atoms with van der Waals surface area (Å²) in [5.41, 5.74) is 7.78. The molecule has 5 aromatic carbocycles. The van der Waals surface area contributed by atoms with E-state index in [-0.39, 0.29) is 43.3 Å². The number of anilines is 2. The number of benzene rings is 5. The second-order valence-corrected chi connectivity index (χ2v) is 33.2. The van der Waals surface area contributed by atoms with Gasteiger partial charge in [0, 0.05) is 75.5 Å². The highest BCUT2D eigenvalue weighted by atomic mass is 32.2. The lowest BCUT2D eigenvalue weighted by atomic mass is 9.79. The molecule has 0 atom stereocenters. The van der Waals surface area contributed by atoms with Crippen LogP contribution in [0.25, 0.3) is 0 Å². The number of phenolic OH excluding ortho intramolecular Hbond substituents is 4. The fraction of sp³-hybridized carbons (Fsp3) is 0.545. The van der Waals surface area contributed by atoms with Gasteiger partial charge in [0.15, 0.2) is 0 Å². The van der Waals surface area contributed by atoms with E-state index < -0.39 is 0 Å². The normalized spacial score (nSPS) is 13.4. The summed E-state index contributed by atoms with van der Waals surface area (Å²) in [7, 11) is 0. The summed E-state index contributed by atoms with van der Waals surface area (Å²) in [5, 5.41) is 46.5. The van der Waals surface area contributed by atoms with Crippen molar-refractivity contribution in [2.45, 2.75) is 229 Å². The lowest BCUT2D eigenvalue weighted by molar-refractivity contribution is 0.421. The van der Waals surface area contributed by atoms with E-state index in [4.69, 9.17) is 0 Å². The predicted molar refractivity (Wildman–Crippen MR) is 336 cm³/mol. The third kappa shape index (κ3) is 15.8. The zero-order chi connectivity index (χ0) is 57.7. The van der Waals surface area contributed by atoms with Gasteiger partial charge in [-0.3, -0.25) is 0 Å². The third-order valence-corrected chi connectivity index (χ3v) is 18.0. The van der Waals surface area contributed by atoms with E-state index in [1.807, 2.05) is 0 Å². The summed E-state index contributed by atoms with van der Waals surface area (Å²) >= 11 is 7.15. The second kappa shape index (κ2) is 22.8. The molecule has 0 saturated carbocycles. The van der Waals surface area contributed by atoms with Crippen LogP contribution in [0, 0.1) is 0 Å². The largest absolute Gasteiger partial charge is 0.507 e. The van der Waals surface area contributed by atoms with Crippen LogP contribution in [-0.2, 0) is 43.3 Å². The molecule has 0 heterocycles. The monoisotopic (exact) mass is 1110 g/mol. The zero-order valence-electron chi connectivity index (χ0n) is 51.1. The van der Waals surface area contributed by atoms with E-state index in [9.17, 15) is 20.4 Å². The van der Waals surface area contributed by atoms with Gasteiger partial charge >= 0.3 is 0 Å². The Balaban J connectivity index is 1.63. The zero-order valence-corrected chi connectivity index (χ0v) is 54.3. The Kier molecular flexibility index (Phi) is 18.9. The van der Waals surface area contributed by atoms with Crippen LogP contribution in [0.4, 0.5) is 11.4 Å². The minimum Gasteiger partial charge on any atom is -0.507 e. The SMILES string of the molecule is CC(C)(C)c1cc(SCN(CSc2cc(C(C)(C)C)c(O)c(C(C)(C)C)c2)c2ccc(N(CSc3cc(C(C)(C)C)c(O)c(C(C)(C)C)c3)CSc3cc(C(C)(C)C)c(O)c(C(C)(C)C)c3)cc2)cc(C(C)(C)C)c1O. The average molecular weight is 1110 g/mol. The number of thioether (sulfide) groups is 4. The lowest BCUT2D eigenvalue weighted by Crippen LogP contribution is -2.24. The van der Waals surface area contributed by atoms with Crippen LogP contribution in [0.2, 0.25) is 0 Å². The molecule has 0 bridgehead atoms. The van der Waals surface area contributed by atoms with Crippen molar-refractivity contribution in [1.29, 1.82) is 0 Å². The van der Waals surface area contributed by atoms with Gasteiger partial charge in [0.2, 0.25) is 0 Å². The van der Waals surface area contributed by atoms with Gasteiger partial charge in [-0.1, -0.05) is 166 Å². The fourth-order valence-electron chi connectivity index (χ4n) is 9.20. The summed E-state index contributed by atoms with van der Waals surface area (Å²) in [6.07, 6.45) is 0. The Morgan fingerprint density at radius 1 is 0.263 bits per heavy atom. The third-order valence-electron chi connectivity index (χ3n) is 13.9. The van der Waals surface area contributed by atoms with E-state index in [0.29, 0.717) is 46.5 Å². The summed E-state index contributed by atoms with van der Waals surface area (Å²) in [6, 6.07) is 26.4. The molecule has 10 heteroatoms. The van der Waals surface area contributed by atoms with Gasteiger partial charge in [0.05, 0.1) is 23.5 Å². The maximum Gasteiger partial charge on any atom is 0.123 e. The topological polar surface area (TPSA) is 87.4 Å². The molecule has 0 aliphatic rings. The fourth-order valence-corrected chi connectivity index (χ4v) is 13.2. The number of rotatable bonds is 14. The van der Waals surface area contributed by atoms with Crippen molar-refractivity contribution >= 4 is 58.4 Å². The van der Waals surface area contributed by atoms with E-state index in [1.165, 1.54) is 0 Å². The molecule has 0 saturated heterocycles. The molecule has 0 aliphatic carbocycles. The molecular weight excluding hydrogens is 1010 g/mol. The molecule has 0 amide bonds. The highest BCUT2D eigenvalue weighted by molar-refractivity contribution is 8.00. The number of hydrogen-bond donors (Lipinski definition) is 4. The molecule has 0 radical (unpaired) electrons. The summed E-state index contributed by atoms with van der Waals surface area (Å²) in [5.74, 6) is 4.19. The molecule has 5 aromatic rings. The van der Waals surface area contributed by atoms with E-state index in [0.717, 1.165) is 75.5 Å². The predicted octanol–water partition coefficient (Wildman–Crippen LogP) is 19.5. The maximum atomic E-state index is 11.6. The van der Waals surface area contributed by atoms with Crippen molar-refractivity contribution in [3.8, 4) is 23.0 Å². The molecule has 76 heavy (non-hydrogen) atoms. The van der Waals surface area contributed by atoms with Crippen LogP contribution in [0.15, 0.2) is 92.4 Å². The quantitative estimate of drug-likeness (QED) is 0.0637. The average Bonchev–Trinajstić information content (AvgIpc) is 3.25. The van der Waals surface area contributed by atoms with Crippen molar-refractivity contribution in [3.05, 3.63) is 117 Å². The molecule has 0 fully saturated rings. The minimum absolute atomic E-state index is 0.249. The highest BCUT2D eigenvalue weighted by Crippen LogP contribution is 2.47. The van der Waals surface area contributed by atoms with Crippen molar-refractivity contribution < 1.29 is 20.4 Å². The van der Waals surface area contributed by atoms with Gasteiger partial charge in [0.25, 0.3) is 0 Å². The van der Waals surface area contributed by atoms with Gasteiger partial charge in [-0.05, 0) is 116 Å². The Labute approximate surface area is 478 Å². The molecular formula is C66H96N2O4S4. The van der Waals surface area contributed by atoms with Gasteiger partial charge in [0.1, 0.15) is 23.0 Å². The van der Waals surface area contributed by atoms with Crippen molar-refractivity contribution in [3.63, 3.8) is 0 Å². The van der Waals surface area contributed by atoms with Crippen molar-refractivity contribution in [1.82, 2.24) is 0 Å². The summed E-state index contributed by atoms with van der Waals surface area (Å²) < 4.78 is 0. The first-order chi connectivity index (χ1) is 34.4. The Hall–Kier alpha value is -3.70. The molecule has 0 aliphatic heterocycles. The number of aromatic hydroxyl groups is 4. The van der Waals surface area contributed by atoms with E-state index >= 15 is 0 Å². The van der Waals surface area contributed by atoms with Gasteiger partial charge in [-0.25, -0.2) is 0 Å². The van der Waals surface area contributed by atoms with E-state index in [2.05, 4.69) is 249 Å². The van der Waals surface area contributed by atoms with Crippen LogP contribution in [-0.4, -0.2) is 43.9 Å². The van der Waals surface area contributed by atoms with Crippen LogP contribution in [0.5, 0.6) is 23.0 Å². The minimum atomic E-state index is -0.249. The Bertz CT molecular complexity index is 2330. The number of phenols is 4. The Morgan fingerprint density at radius 2 is 0.395 bits per heavy atom. The first kappa shape index (κ1) is 63.1. The molecule has 418 valence electrons. The van der Waals surface area contributed by atoms with Gasteiger partial charge in [-0.15, -0.1) is 47.0 Å². The smallest absolute Gasteiger partial charge is 0.123 e. The van der Waals surface area contributed by atoms with Gasteiger partial charge in [-0.2, -0.15) is 0 Å². The van der Waals surface area contributed by atoms with Gasteiger partial charge < -0.3 is 30.2 Å². The lowest BCUT2D eigenvalue weighted by Gasteiger charge is -2.31. The van der Waals surface area contributed by atoms with Crippen molar-refractivity contribution in [2.75, 3.05) is 33.3 Å². The molecule has 0 aromatic heterocycles. The maximum absolute atomic E-state index is 11.6. The van der Waals surface area contributed by atoms with Crippen LogP contribution in [0.3, 0.4) is 0 Å². The van der Waals surface area contributed by atoms with Crippen LogP contribution >= 0.6 is 47.0 Å².